The van der Waals surface area contributed by atoms with Crippen LogP contribution in [0.5, 0.6) is 0 Å². The number of ether oxygens (including phenoxy) is 1. The maximum absolute atomic E-state index is 13.6. The largest absolute Gasteiger partial charge is 0.391 e. The van der Waals surface area contributed by atoms with Crippen LogP contribution in [-0.2, 0) is 4.74 Å². The zero-order valence-corrected chi connectivity index (χ0v) is 13.8. The van der Waals surface area contributed by atoms with Crippen molar-refractivity contribution < 1.29 is 14.2 Å². The van der Waals surface area contributed by atoms with Crippen molar-refractivity contribution in [2.24, 2.45) is 0 Å². The highest BCUT2D eigenvalue weighted by molar-refractivity contribution is 6.30. The summed E-state index contributed by atoms with van der Waals surface area (Å²) in [5.41, 5.74) is 1.76. The van der Waals surface area contributed by atoms with E-state index >= 15 is 0 Å². The zero-order chi connectivity index (χ0) is 16.7. The van der Waals surface area contributed by atoms with Crippen molar-refractivity contribution in [1.82, 2.24) is 5.32 Å². The molecule has 3 nitrogen and oxygen atoms in total. The SMILES string of the molecule is COCC(O)CCNC(c1cccc(F)c1)c1cccc(Cl)c1. The Hall–Kier alpha value is -1.46. The Morgan fingerprint density at radius 1 is 1.17 bits per heavy atom. The van der Waals surface area contributed by atoms with Crippen LogP contribution in [0.15, 0.2) is 48.5 Å². The molecule has 0 aliphatic heterocycles. The molecule has 2 atom stereocenters. The van der Waals surface area contributed by atoms with Crippen molar-refractivity contribution in [2.45, 2.75) is 18.6 Å². The van der Waals surface area contributed by atoms with Gasteiger partial charge in [-0.2, -0.15) is 0 Å². The Bertz CT molecular complexity index is 578. The van der Waals surface area contributed by atoms with Crippen LogP contribution in [-0.4, -0.2) is 31.5 Å². The molecule has 23 heavy (non-hydrogen) atoms. The van der Waals surface area contributed by atoms with E-state index in [0.717, 1.165) is 11.1 Å². The smallest absolute Gasteiger partial charge is 0.123 e. The van der Waals surface area contributed by atoms with E-state index in [0.29, 0.717) is 24.6 Å². The molecule has 0 aliphatic rings. The fourth-order valence-corrected chi connectivity index (χ4v) is 2.67. The highest BCUT2D eigenvalue weighted by Gasteiger charge is 2.15. The molecule has 2 unspecified atom stereocenters. The molecular formula is C18H21ClFNO2. The van der Waals surface area contributed by atoms with Gasteiger partial charge in [-0.05, 0) is 48.4 Å². The normalized spacial score (nSPS) is 13.7. The number of benzene rings is 2. The fraction of sp³-hybridized carbons (Fsp3) is 0.333. The molecule has 0 bridgehead atoms. The summed E-state index contributed by atoms with van der Waals surface area (Å²) < 4.78 is 18.5. The van der Waals surface area contributed by atoms with Gasteiger partial charge in [0, 0.05) is 12.1 Å². The van der Waals surface area contributed by atoms with Crippen LogP contribution in [0.2, 0.25) is 5.02 Å². The van der Waals surface area contributed by atoms with Crippen LogP contribution in [0, 0.1) is 5.82 Å². The van der Waals surface area contributed by atoms with Crippen LogP contribution < -0.4 is 5.32 Å². The van der Waals surface area contributed by atoms with Gasteiger partial charge in [0.1, 0.15) is 5.82 Å². The number of aliphatic hydroxyl groups is 1. The molecule has 0 saturated heterocycles. The summed E-state index contributed by atoms with van der Waals surface area (Å²) >= 11 is 6.08. The Morgan fingerprint density at radius 3 is 2.52 bits per heavy atom. The number of nitrogens with one attached hydrogen (secondary N) is 1. The van der Waals surface area contributed by atoms with Crippen LogP contribution in [0.4, 0.5) is 4.39 Å². The molecule has 0 fully saturated rings. The second kappa shape index (κ2) is 8.99. The van der Waals surface area contributed by atoms with Crippen LogP contribution in [0.25, 0.3) is 0 Å². The van der Waals surface area contributed by atoms with E-state index in [2.05, 4.69) is 5.32 Å². The number of aliphatic hydroxyl groups excluding tert-OH is 1. The minimum Gasteiger partial charge on any atom is -0.391 e. The maximum atomic E-state index is 13.6. The number of methoxy groups -OCH3 is 1. The Balaban J connectivity index is 2.15. The van der Waals surface area contributed by atoms with E-state index < -0.39 is 6.10 Å². The Labute approximate surface area is 141 Å². The van der Waals surface area contributed by atoms with E-state index in [1.807, 2.05) is 24.3 Å². The Kier molecular flexibility index (Phi) is 6.99. The predicted octanol–water partition coefficient (Wildman–Crippen LogP) is 3.56. The minimum atomic E-state index is -0.528. The molecule has 2 aromatic rings. The third-order valence-electron chi connectivity index (χ3n) is 3.55. The van der Waals surface area contributed by atoms with Gasteiger partial charge in [-0.15, -0.1) is 0 Å². The van der Waals surface area contributed by atoms with Gasteiger partial charge >= 0.3 is 0 Å². The number of hydrogen-bond donors (Lipinski definition) is 2. The lowest BCUT2D eigenvalue weighted by atomic mass is 9.98. The molecule has 2 rings (SSSR count). The predicted molar refractivity (Wildman–Crippen MR) is 90.2 cm³/mol. The molecule has 0 saturated carbocycles. The Morgan fingerprint density at radius 2 is 1.87 bits per heavy atom. The first kappa shape index (κ1) is 17.9. The molecule has 0 aromatic heterocycles. The van der Waals surface area contributed by atoms with Crippen LogP contribution in [0.1, 0.15) is 23.6 Å². The van der Waals surface area contributed by atoms with Gasteiger partial charge in [0.05, 0.1) is 18.8 Å². The summed E-state index contributed by atoms with van der Waals surface area (Å²) in [5, 5.41) is 13.7. The summed E-state index contributed by atoms with van der Waals surface area (Å²) in [6, 6.07) is 13.7. The maximum Gasteiger partial charge on any atom is 0.123 e. The zero-order valence-electron chi connectivity index (χ0n) is 13.0. The van der Waals surface area contributed by atoms with Gasteiger partial charge in [0.25, 0.3) is 0 Å². The molecule has 2 N–H and O–H groups in total. The summed E-state index contributed by atoms with van der Waals surface area (Å²) in [6.45, 7) is 0.863. The highest BCUT2D eigenvalue weighted by atomic mass is 35.5. The lowest BCUT2D eigenvalue weighted by Crippen LogP contribution is -2.27. The molecule has 0 heterocycles. The minimum absolute atomic E-state index is 0.195. The van der Waals surface area contributed by atoms with Crippen molar-refractivity contribution in [3.63, 3.8) is 0 Å². The van der Waals surface area contributed by atoms with Crippen molar-refractivity contribution in [1.29, 1.82) is 0 Å². The average Bonchev–Trinajstić information content (AvgIpc) is 2.52. The standard InChI is InChI=1S/C18H21ClFNO2/c1-23-12-17(22)8-9-21-18(13-4-2-6-15(19)10-13)14-5-3-7-16(20)11-14/h2-7,10-11,17-18,21-22H,8-9,12H2,1H3. The fourth-order valence-electron chi connectivity index (χ4n) is 2.47. The summed E-state index contributed by atoms with van der Waals surface area (Å²) in [6.07, 6.45) is 0.0141. The molecule has 0 radical (unpaired) electrons. The molecule has 0 aliphatic carbocycles. The van der Waals surface area contributed by atoms with E-state index in [9.17, 15) is 9.50 Å². The van der Waals surface area contributed by atoms with Gasteiger partial charge in [-0.1, -0.05) is 35.9 Å². The second-order valence-corrected chi connectivity index (χ2v) is 5.83. The number of halogens is 2. The van der Waals surface area contributed by atoms with Gasteiger partial charge in [0.15, 0.2) is 0 Å². The van der Waals surface area contributed by atoms with E-state index in [-0.39, 0.29) is 11.9 Å². The second-order valence-electron chi connectivity index (χ2n) is 5.39. The molecule has 0 amide bonds. The lowest BCUT2D eigenvalue weighted by molar-refractivity contribution is 0.0591. The van der Waals surface area contributed by atoms with E-state index in [1.54, 1.807) is 19.2 Å². The molecule has 124 valence electrons. The van der Waals surface area contributed by atoms with Crippen LogP contribution >= 0.6 is 11.6 Å². The van der Waals surface area contributed by atoms with Gasteiger partial charge in [-0.3, -0.25) is 0 Å². The van der Waals surface area contributed by atoms with E-state index in [1.165, 1.54) is 12.1 Å². The number of hydrogen-bond acceptors (Lipinski definition) is 3. The topological polar surface area (TPSA) is 41.5 Å². The highest BCUT2D eigenvalue weighted by Crippen LogP contribution is 2.25. The molecular weight excluding hydrogens is 317 g/mol. The van der Waals surface area contributed by atoms with Crippen molar-refractivity contribution in [3.05, 3.63) is 70.5 Å². The van der Waals surface area contributed by atoms with Gasteiger partial charge < -0.3 is 15.2 Å². The lowest BCUT2D eigenvalue weighted by Gasteiger charge is -2.21. The third-order valence-corrected chi connectivity index (χ3v) is 3.78. The first-order chi connectivity index (χ1) is 11.1. The monoisotopic (exact) mass is 337 g/mol. The van der Waals surface area contributed by atoms with Gasteiger partial charge in [-0.25, -0.2) is 4.39 Å². The first-order valence-electron chi connectivity index (χ1n) is 7.51. The van der Waals surface area contributed by atoms with E-state index in [4.69, 9.17) is 16.3 Å². The van der Waals surface area contributed by atoms with Gasteiger partial charge in [0.2, 0.25) is 0 Å². The third kappa shape index (κ3) is 5.59. The molecule has 2 aromatic carbocycles. The van der Waals surface area contributed by atoms with Crippen molar-refractivity contribution in [3.8, 4) is 0 Å². The summed E-state index contributed by atoms with van der Waals surface area (Å²) in [7, 11) is 1.55. The average molecular weight is 338 g/mol. The molecule has 5 heteroatoms. The van der Waals surface area contributed by atoms with Crippen molar-refractivity contribution in [2.75, 3.05) is 20.3 Å². The number of rotatable bonds is 8. The van der Waals surface area contributed by atoms with Crippen molar-refractivity contribution >= 4 is 11.6 Å². The first-order valence-corrected chi connectivity index (χ1v) is 7.89. The summed E-state index contributed by atoms with van der Waals surface area (Å²) in [4.78, 5) is 0. The van der Waals surface area contributed by atoms with Crippen LogP contribution in [0.3, 0.4) is 0 Å². The quantitative estimate of drug-likeness (QED) is 0.774. The summed E-state index contributed by atoms with van der Waals surface area (Å²) in [5.74, 6) is -0.282. The molecule has 0 spiro atoms.